The van der Waals surface area contributed by atoms with Crippen LogP contribution in [0.3, 0.4) is 0 Å². The first kappa shape index (κ1) is 31.2. The molecule has 0 bridgehead atoms. The van der Waals surface area contributed by atoms with Gasteiger partial charge in [0.05, 0.1) is 23.6 Å². The Morgan fingerprint density at radius 1 is 1.03 bits per heavy atom. The molecule has 4 rings (SSSR count). The fourth-order valence-corrected chi connectivity index (χ4v) is 11.1. The van der Waals surface area contributed by atoms with E-state index in [1.807, 2.05) is 13.8 Å². The van der Waals surface area contributed by atoms with Gasteiger partial charge >= 0.3 is 0 Å². The van der Waals surface area contributed by atoms with Gasteiger partial charge in [0.25, 0.3) is 10.1 Å². The summed E-state index contributed by atoms with van der Waals surface area (Å²) < 4.78 is 30.9. The molecule has 4 fully saturated rings. The summed E-state index contributed by atoms with van der Waals surface area (Å²) in [7, 11) is -4.12. The molecule has 0 radical (unpaired) electrons. The van der Waals surface area contributed by atoms with Gasteiger partial charge in [-0.1, -0.05) is 41.0 Å². The molecule has 0 aromatic heterocycles. The van der Waals surface area contributed by atoms with E-state index in [-0.39, 0.29) is 76.7 Å². The quantitative estimate of drug-likeness (QED) is 0.280. The molecule has 0 aliphatic heterocycles. The molecule has 0 aromatic rings. The highest BCUT2D eigenvalue weighted by atomic mass is 32.2. The Balaban J connectivity index is 1.55. The molecule has 9 heteroatoms. The summed E-state index contributed by atoms with van der Waals surface area (Å²) in [6, 6.07) is 0. The number of amides is 1. The molecule has 5 N–H and O–H groups in total. The first-order valence-corrected chi connectivity index (χ1v) is 16.9. The molecule has 39 heavy (non-hydrogen) atoms. The van der Waals surface area contributed by atoms with Crippen molar-refractivity contribution in [3.63, 3.8) is 0 Å². The Kier molecular flexibility index (Phi) is 8.66. The highest BCUT2D eigenvalue weighted by Gasteiger charge is 2.70. The lowest BCUT2D eigenvalue weighted by molar-refractivity contribution is -0.263. The van der Waals surface area contributed by atoms with Crippen LogP contribution < -0.4 is 5.32 Å². The third-order valence-electron chi connectivity index (χ3n) is 12.6. The summed E-state index contributed by atoms with van der Waals surface area (Å²) in [5.41, 5.74) is -1.24. The molecule has 4 unspecified atom stereocenters. The molecule has 1 amide bonds. The van der Waals surface area contributed by atoms with Gasteiger partial charge in [0.2, 0.25) is 5.91 Å². The average molecular weight is 572 g/mol. The molecule has 0 aromatic carbocycles. The molecule has 8 nitrogen and oxygen atoms in total. The molecule has 4 aliphatic carbocycles. The van der Waals surface area contributed by atoms with Gasteiger partial charge in [0, 0.05) is 12.5 Å². The highest BCUT2D eigenvalue weighted by molar-refractivity contribution is 7.85. The largest absolute Gasteiger partial charge is 0.393 e. The van der Waals surface area contributed by atoms with Crippen LogP contribution in [-0.2, 0) is 14.9 Å². The molecule has 226 valence electrons. The number of carbonyl (C=O) groups is 1. The van der Waals surface area contributed by atoms with Gasteiger partial charge in [0.15, 0.2) is 0 Å². The van der Waals surface area contributed by atoms with Crippen LogP contribution in [0.2, 0.25) is 0 Å². The van der Waals surface area contributed by atoms with Crippen LogP contribution in [0.1, 0.15) is 92.9 Å². The smallest absolute Gasteiger partial charge is 0.266 e. The van der Waals surface area contributed by atoms with Crippen molar-refractivity contribution in [3.8, 4) is 0 Å². The van der Waals surface area contributed by atoms with E-state index in [1.54, 1.807) is 0 Å². The number of fused-ring (bicyclic) bond motifs is 5. The number of hydrogen-bond acceptors (Lipinski definition) is 6. The molecule has 0 saturated heterocycles. The van der Waals surface area contributed by atoms with E-state index in [2.05, 4.69) is 33.0 Å². The number of rotatable bonds is 8. The summed E-state index contributed by atoms with van der Waals surface area (Å²) in [5.74, 6) is 0.159. The van der Waals surface area contributed by atoms with Crippen molar-refractivity contribution >= 4 is 16.0 Å². The summed E-state index contributed by atoms with van der Waals surface area (Å²) in [6.45, 7) is 12.7. The molecule has 0 spiro atoms. The number of carbonyl (C=O) groups excluding carboxylic acids is 1. The Morgan fingerprint density at radius 2 is 1.69 bits per heavy atom. The van der Waals surface area contributed by atoms with E-state index < -0.39 is 27.6 Å². The van der Waals surface area contributed by atoms with Crippen molar-refractivity contribution in [2.45, 2.75) is 111 Å². The van der Waals surface area contributed by atoms with Crippen molar-refractivity contribution in [2.75, 3.05) is 12.3 Å². The summed E-state index contributed by atoms with van der Waals surface area (Å²) in [4.78, 5) is 12.7. The second-order valence-electron chi connectivity index (χ2n) is 14.5. The predicted octanol–water partition coefficient (Wildman–Crippen LogP) is 3.64. The molecular weight excluding hydrogens is 518 g/mol. The minimum absolute atomic E-state index is 0.00647. The van der Waals surface area contributed by atoms with Gasteiger partial charge in [-0.3, -0.25) is 9.35 Å². The van der Waals surface area contributed by atoms with Crippen LogP contribution in [0.5, 0.6) is 0 Å². The normalized spacial score (nSPS) is 47.4. The van der Waals surface area contributed by atoms with Crippen molar-refractivity contribution in [1.29, 1.82) is 0 Å². The number of aliphatic hydroxyl groups is 3. The van der Waals surface area contributed by atoms with Crippen LogP contribution >= 0.6 is 0 Å². The summed E-state index contributed by atoms with van der Waals surface area (Å²) >= 11 is 0. The molecule has 4 aliphatic rings. The fourth-order valence-electron chi connectivity index (χ4n) is 10.7. The molecule has 4 saturated carbocycles. The standard InChI is InChI=1S/C30H53NO7S/c1-7-20-23-15-19(32)10-11-28(23,4)24-16-25(33)29(5)21(8-9-22(29)26(24)30(20,6)35)17(2)14-18(3)27(34)31-12-13-39(36,37)38/h17-26,32-33,35H,7-16H2,1-6H3,(H,31,34)(H,36,37,38)/t17-,18?,19+,20+,21+,22?,23-,24?,25-,26?,28-,29+,30-/m0/s1. The lowest BCUT2D eigenvalue weighted by Crippen LogP contribution is -2.69. The van der Waals surface area contributed by atoms with Crippen LogP contribution in [0.4, 0.5) is 0 Å². The first-order valence-electron chi connectivity index (χ1n) is 15.3. The first-order chi connectivity index (χ1) is 18.0. The second-order valence-corrected chi connectivity index (χ2v) is 16.1. The van der Waals surface area contributed by atoms with E-state index in [0.29, 0.717) is 12.8 Å². The van der Waals surface area contributed by atoms with Gasteiger partial charge in [-0.05, 0) is 104 Å². The number of nitrogens with one attached hydrogen (secondary N) is 1. The maximum atomic E-state index is 12.7. The lowest BCUT2D eigenvalue weighted by Gasteiger charge is -2.68. The van der Waals surface area contributed by atoms with Crippen molar-refractivity contribution in [1.82, 2.24) is 5.32 Å². The molecule has 13 atom stereocenters. The number of aliphatic hydroxyl groups excluding tert-OH is 2. The SMILES string of the molecule is CC[C@@H]1[C@@H]2C[C@H](O)CC[C@]2(C)C2C[C@H](O)[C@@]3(C)C(CC[C@@H]3[C@@H](C)CC(C)C(=O)NCCS(=O)(=O)O)C2[C@@]1(C)O. The number of hydrogen-bond donors (Lipinski definition) is 5. The third-order valence-corrected chi connectivity index (χ3v) is 13.3. The van der Waals surface area contributed by atoms with Gasteiger partial charge in [-0.15, -0.1) is 0 Å². The van der Waals surface area contributed by atoms with E-state index in [0.717, 1.165) is 38.5 Å². The fraction of sp³-hybridized carbons (Fsp3) is 0.967. The van der Waals surface area contributed by atoms with Crippen LogP contribution in [0.15, 0.2) is 0 Å². The van der Waals surface area contributed by atoms with Gasteiger partial charge in [-0.2, -0.15) is 8.42 Å². The van der Waals surface area contributed by atoms with Crippen molar-refractivity contribution < 1.29 is 33.1 Å². The van der Waals surface area contributed by atoms with Crippen molar-refractivity contribution in [2.24, 2.45) is 58.2 Å². The van der Waals surface area contributed by atoms with Crippen LogP contribution in [0, 0.1) is 58.2 Å². The third kappa shape index (κ3) is 5.33. The Labute approximate surface area is 235 Å². The van der Waals surface area contributed by atoms with Gasteiger partial charge < -0.3 is 20.6 Å². The maximum absolute atomic E-state index is 12.7. The zero-order chi connectivity index (χ0) is 29.1. The Hall–Kier alpha value is -0.740. The van der Waals surface area contributed by atoms with Gasteiger partial charge in [-0.25, -0.2) is 0 Å². The predicted molar refractivity (Wildman–Crippen MR) is 150 cm³/mol. The average Bonchev–Trinajstić information content (AvgIpc) is 3.18. The van der Waals surface area contributed by atoms with E-state index in [4.69, 9.17) is 4.55 Å². The zero-order valence-electron chi connectivity index (χ0n) is 24.8. The zero-order valence-corrected chi connectivity index (χ0v) is 25.6. The van der Waals surface area contributed by atoms with Gasteiger partial charge in [0.1, 0.15) is 0 Å². The minimum Gasteiger partial charge on any atom is -0.393 e. The van der Waals surface area contributed by atoms with Crippen LogP contribution in [0.25, 0.3) is 0 Å². The highest BCUT2D eigenvalue weighted by Crippen LogP contribution is 2.71. The van der Waals surface area contributed by atoms with E-state index >= 15 is 0 Å². The van der Waals surface area contributed by atoms with Crippen LogP contribution in [-0.4, -0.2) is 64.3 Å². The second kappa shape index (κ2) is 10.8. The Bertz CT molecular complexity index is 1020. The Morgan fingerprint density at radius 3 is 2.31 bits per heavy atom. The summed E-state index contributed by atoms with van der Waals surface area (Å²) in [6.07, 6.45) is 5.72. The monoisotopic (exact) mass is 571 g/mol. The molecule has 0 heterocycles. The van der Waals surface area contributed by atoms with E-state index in [9.17, 15) is 28.5 Å². The minimum atomic E-state index is -4.12. The van der Waals surface area contributed by atoms with E-state index in [1.165, 1.54) is 0 Å². The topological polar surface area (TPSA) is 144 Å². The lowest BCUT2D eigenvalue weighted by atomic mass is 9.38. The van der Waals surface area contributed by atoms with Crippen molar-refractivity contribution in [3.05, 3.63) is 0 Å². The summed E-state index contributed by atoms with van der Waals surface area (Å²) in [5, 5.41) is 37.4. The maximum Gasteiger partial charge on any atom is 0.266 e. The molecular formula is C30H53NO7S.